The fraction of sp³-hybridized carbons (Fsp3) is 0.750. The number of nitrogens with zero attached hydrogens (tertiary/aromatic N) is 6. The van der Waals surface area contributed by atoms with Crippen LogP contribution in [0.3, 0.4) is 0 Å². The second kappa shape index (κ2) is 22.5. The van der Waals surface area contributed by atoms with Crippen molar-refractivity contribution >= 4 is 35.8 Å². The molecule has 0 atom stereocenters. The van der Waals surface area contributed by atoms with E-state index in [2.05, 4.69) is 0 Å². The van der Waals surface area contributed by atoms with Crippen molar-refractivity contribution in [2.24, 2.45) is 0 Å². The number of rotatable bonds is 12. The first kappa shape index (κ1) is 41.0. The fourth-order valence-electron chi connectivity index (χ4n) is 4.46. The molecule has 1 aliphatic heterocycles. The van der Waals surface area contributed by atoms with E-state index in [0.717, 1.165) is 0 Å². The Morgan fingerprint density at radius 1 is 0.302 bits per heavy atom. The van der Waals surface area contributed by atoms with E-state index < -0.39 is 35.8 Å². The Balaban J connectivity index is 0.0000176. The van der Waals surface area contributed by atoms with Crippen LogP contribution in [0.15, 0.2) is 0 Å². The Morgan fingerprint density at radius 2 is 0.395 bits per heavy atom. The van der Waals surface area contributed by atoms with E-state index in [1.807, 2.05) is 0 Å². The van der Waals surface area contributed by atoms with Gasteiger partial charge in [-0.2, -0.15) is 0 Å². The summed E-state index contributed by atoms with van der Waals surface area (Å²) in [5.74, 6) is -6.76. The van der Waals surface area contributed by atoms with Crippen molar-refractivity contribution in [1.82, 2.24) is 29.4 Å². The third-order valence-corrected chi connectivity index (χ3v) is 6.55. The van der Waals surface area contributed by atoms with Gasteiger partial charge in [-0.25, -0.2) is 0 Å². The van der Waals surface area contributed by atoms with Gasteiger partial charge in [-0.05, 0) is 0 Å². The summed E-state index contributed by atoms with van der Waals surface area (Å²) in [7, 11) is 0. The van der Waals surface area contributed by atoms with Gasteiger partial charge in [0.05, 0.1) is 39.3 Å². The Bertz CT molecular complexity index is 719. The molecule has 18 nitrogen and oxygen atoms in total. The van der Waals surface area contributed by atoms with Crippen LogP contribution in [0.25, 0.3) is 0 Å². The van der Waals surface area contributed by atoms with Crippen molar-refractivity contribution in [2.45, 2.75) is 0 Å². The first-order chi connectivity index (χ1) is 19.7. The van der Waals surface area contributed by atoms with E-state index in [4.69, 9.17) is 0 Å². The Morgan fingerprint density at radius 3 is 0.465 bits per heavy atom. The van der Waals surface area contributed by atoms with Gasteiger partial charge >= 0.3 is 35.8 Å². The van der Waals surface area contributed by atoms with Crippen molar-refractivity contribution in [1.29, 1.82) is 0 Å². The van der Waals surface area contributed by atoms with Gasteiger partial charge in [0.1, 0.15) is 0 Å². The van der Waals surface area contributed by atoms with Gasteiger partial charge in [0, 0.05) is 123 Å². The minimum atomic E-state index is -1.13. The summed E-state index contributed by atoms with van der Waals surface area (Å²) in [6.07, 6.45) is 0. The Kier molecular flexibility index (Phi) is 21.5. The van der Waals surface area contributed by atoms with Gasteiger partial charge in [-0.1, -0.05) is 0 Å². The topological polar surface area (TPSA) is 243 Å². The molecule has 1 heterocycles. The molecule has 1 aliphatic rings. The number of hydrogen-bond donors (Lipinski definition) is 6. The normalized spacial score (nSPS) is 19.0. The molecule has 0 aromatic heterocycles. The van der Waals surface area contributed by atoms with Crippen LogP contribution in [0.5, 0.6) is 0 Å². The minimum absolute atomic E-state index is 0. The Hall–Kier alpha value is -1.98. The largest absolute Gasteiger partial charge is 0.480 e. The Labute approximate surface area is 284 Å². The zero-order valence-electron chi connectivity index (χ0n) is 24.1. The molecule has 0 amide bonds. The maximum Gasteiger partial charge on any atom is 0.317 e. The van der Waals surface area contributed by atoms with E-state index in [1.54, 1.807) is 29.4 Å². The van der Waals surface area contributed by atoms with Gasteiger partial charge in [-0.3, -0.25) is 58.2 Å². The first-order valence-electron chi connectivity index (χ1n) is 13.4. The van der Waals surface area contributed by atoms with Gasteiger partial charge in [0.2, 0.25) is 0 Å². The van der Waals surface area contributed by atoms with Crippen molar-refractivity contribution in [3.8, 4) is 0 Å². The van der Waals surface area contributed by atoms with E-state index in [1.165, 1.54) is 0 Å². The van der Waals surface area contributed by atoms with Crippen LogP contribution < -0.4 is 0 Å². The molecule has 1 fully saturated rings. The van der Waals surface area contributed by atoms with Crippen molar-refractivity contribution in [3.63, 3.8) is 0 Å². The molecule has 1 rings (SSSR count). The fourth-order valence-corrected chi connectivity index (χ4v) is 4.46. The quantitative estimate of drug-likeness (QED) is 0.111. The average Bonchev–Trinajstić information content (AvgIpc) is 2.85. The predicted molar refractivity (Wildman–Crippen MR) is 144 cm³/mol. The molecule has 6 N–H and O–H groups in total. The molecule has 1 radical (unpaired) electrons. The SMILES string of the molecule is O=C(O)CN1CCN(CC(=O)O)CCN(CC(=O)O)CCN(CC(=O)O)CCN(CC(=O)O)CCN(CC(=O)O)CC1.[Ac]. The molecule has 0 unspecified atom stereocenters. The van der Waals surface area contributed by atoms with Crippen LogP contribution in [0, 0.1) is 44.1 Å². The summed E-state index contributed by atoms with van der Waals surface area (Å²) in [4.78, 5) is 78.1. The number of carboxylic acids is 6. The molecule has 0 aliphatic carbocycles. The molecule has 43 heavy (non-hydrogen) atoms. The summed E-state index contributed by atoms with van der Waals surface area (Å²) in [6.45, 7) is -0.634. The van der Waals surface area contributed by atoms with Crippen molar-refractivity contribution in [2.75, 3.05) is 118 Å². The number of hydrogen-bond acceptors (Lipinski definition) is 12. The maximum absolute atomic E-state index is 11.5. The number of aliphatic carboxylic acids is 6. The summed E-state index contributed by atoms with van der Waals surface area (Å²) < 4.78 is 0. The third kappa shape index (κ3) is 21.4. The minimum Gasteiger partial charge on any atom is -0.480 e. The molecule has 0 bridgehead atoms. The van der Waals surface area contributed by atoms with Crippen LogP contribution in [-0.2, 0) is 28.8 Å². The van der Waals surface area contributed by atoms with Gasteiger partial charge in [0.15, 0.2) is 0 Å². The van der Waals surface area contributed by atoms with Crippen molar-refractivity contribution < 1.29 is 103 Å². The van der Waals surface area contributed by atoms with Crippen LogP contribution in [0.4, 0.5) is 0 Å². The van der Waals surface area contributed by atoms with Crippen molar-refractivity contribution in [3.05, 3.63) is 0 Å². The molecule has 19 heteroatoms. The molecule has 0 spiro atoms. The average molecular weight is 834 g/mol. The molecular formula is C24H42AcN6O12. The first-order valence-corrected chi connectivity index (χ1v) is 13.4. The van der Waals surface area contributed by atoms with Gasteiger partial charge < -0.3 is 30.6 Å². The van der Waals surface area contributed by atoms with E-state index in [0.29, 0.717) is 0 Å². The summed E-state index contributed by atoms with van der Waals surface area (Å²) in [6, 6.07) is 0. The van der Waals surface area contributed by atoms with E-state index in [9.17, 15) is 59.4 Å². The number of carboxylic acid groups (broad SMARTS) is 6. The standard InChI is InChI=1S/C24H42N6O12.Ac/c31-19(32)13-25-1-2-26(14-20(33)34)5-6-28(16-22(37)38)9-10-30(18-24(41)42)12-11-29(17-23(39)40)8-7-27(4-3-25)15-21(35)36;/h1-18H2,(H,31,32)(H,33,34)(H,35,36)(H,37,38)(H,39,40)(H,41,42);. The van der Waals surface area contributed by atoms with Gasteiger partial charge in [0.25, 0.3) is 0 Å². The summed E-state index contributed by atoms with van der Waals surface area (Å²) in [5, 5.41) is 56.3. The second-order valence-electron chi connectivity index (χ2n) is 10.0. The molecular weight excluding hydrogens is 791 g/mol. The summed E-state index contributed by atoms with van der Waals surface area (Å²) in [5.41, 5.74) is 0. The van der Waals surface area contributed by atoms with Gasteiger partial charge in [-0.15, -0.1) is 0 Å². The van der Waals surface area contributed by atoms with E-state index >= 15 is 0 Å². The second-order valence-corrected chi connectivity index (χ2v) is 10.0. The van der Waals surface area contributed by atoms with Crippen LogP contribution >= 0.6 is 0 Å². The summed E-state index contributed by atoms with van der Waals surface area (Å²) >= 11 is 0. The smallest absolute Gasteiger partial charge is 0.317 e. The monoisotopic (exact) mass is 833 g/mol. The predicted octanol–water partition coefficient (Wildman–Crippen LogP) is -3.68. The third-order valence-electron chi connectivity index (χ3n) is 6.55. The van der Waals surface area contributed by atoms with Crippen LogP contribution in [0.2, 0.25) is 0 Å². The maximum atomic E-state index is 11.5. The molecule has 243 valence electrons. The molecule has 0 aromatic carbocycles. The van der Waals surface area contributed by atoms with Crippen LogP contribution in [-0.4, -0.2) is 214 Å². The van der Waals surface area contributed by atoms with Crippen LogP contribution in [0.1, 0.15) is 0 Å². The molecule has 1 saturated heterocycles. The zero-order valence-corrected chi connectivity index (χ0v) is 28.9. The molecule has 0 saturated carbocycles. The van der Waals surface area contributed by atoms with E-state index in [-0.39, 0.29) is 162 Å². The number of carbonyl (C=O) groups is 6. The molecule has 0 aromatic rings. The zero-order chi connectivity index (χ0) is 31.7.